The fraction of sp³-hybridized carbons (Fsp3) is 0.333. The number of carbonyl (C=O) groups excluding carboxylic acids is 1. The molecule has 2 heterocycles. The quantitative estimate of drug-likeness (QED) is 0.685. The van der Waals surface area contributed by atoms with Gasteiger partial charge >= 0.3 is 0 Å². The largest absolute Gasteiger partial charge is 0.294 e. The summed E-state index contributed by atoms with van der Waals surface area (Å²) >= 11 is 1.58. The molecule has 3 aromatic rings. The van der Waals surface area contributed by atoms with Gasteiger partial charge in [-0.2, -0.15) is 4.98 Å². The molecule has 2 aromatic heterocycles. The lowest BCUT2D eigenvalue weighted by atomic mass is 9.82. The number of aromatic nitrogens is 4. The summed E-state index contributed by atoms with van der Waals surface area (Å²) in [5, 5.41) is 5.09. The third-order valence-corrected chi connectivity index (χ3v) is 5.07. The van der Waals surface area contributed by atoms with E-state index in [2.05, 4.69) is 47.1 Å². The highest BCUT2D eigenvalue weighted by Gasteiger charge is 2.28. The number of Topliss-reactive ketones (excluding diaryl/α,β-unsaturated/α-hetero) is 1. The lowest BCUT2D eigenvalue weighted by molar-refractivity contribution is 0.0962. The summed E-state index contributed by atoms with van der Waals surface area (Å²) in [6.07, 6.45) is 3.08. The average Bonchev–Trinajstić information content (AvgIpc) is 2.94. The summed E-state index contributed by atoms with van der Waals surface area (Å²) in [6, 6.07) is 8.39. The van der Waals surface area contributed by atoms with E-state index < -0.39 is 0 Å². The zero-order valence-corrected chi connectivity index (χ0v) is 14.5. The Kier molecular flexibility index (Phi) is 3.84. The minimum atomic E-state index is 0.136. The van der Waals surface area contributed by atoms with E-state index in [9.17, 15) is 4.79 Å². The summed E-state index contributed by atoms with van der Waals surface area (Å²) in [5.74, 6) is 1.80. The lowest BCUT2D eigenvalue weighted by Gasteiger charge is -2.23. The number of carbonyl (C=O) groups is 1. The van der Waals surface area contributed by atoms with Gasteiger partial charge in [0.1, 0.15) is 0 Å². The number of rotatable bonds is 3. The van der Waals surface area contributed by atoms with Crippen LogP contribution in [0.1, 0.15) is 46.4 Å². The van der Waals surface area contributed by atoms with Crippen molar-refractivity contribution in [3.8, 4) is 0 Å². The van der Waals surface area contributed by atoms with Crippen LogP contribution in [0.25, 0.3) is 5.78 Å². The first-order chi connectivity index (χ1) is 11.6. The molecule has 1 aliphatic carbocycles. The standard InChI is InChI=1S/C18H18N4OS/c1-3-24-18-20-17-19-15-8-13(12-6-4-5-11(2)7-12)9-16(23)14(15)10-22(17)21-18/h4-7,10,13H,3,8-9H2,1-2H3/t13-/m1/s1. The number of hydrogen-bond donors (Lipinski definition) is 0. The van der Waals surface area contributed by atoms with Crippen LogP contribution in [0.5, 0.6) is 0 Å². The molecule has 0 unspecified atom stereocenters. The number of aryl methyl sites for hydroxylation is 1. The Morgan fingerprint density at radius 1 is 1.29 bits per heavy atom. The average molecular weight is 338 g/mol. The van der Waals surface area contributed by atoms with Crippen molar-refractivity contribution in [2.45, 2.75) is 37.8 Å². The van der Waals surface area contributed by atoms with E-state index in [4.69, 9.17) is 0 Å². The highest BCUT2D eigenvalue weighted by atomic mass is 32.2. The number of benzene rings is 1. The number of thioether (sulfide) groups is 1. The van der Waals surface area contributed by atoms with Gasteiger partial charge in [-0.3, -0.25) is 4.79 Å². The molecule has 6 heteroatoms. The second kappa shape index (κ2) is 6.02. The first kappa shape index (κ1) is 15.3. The molecule has 122 valence electrons. The van der Waals surface area contributed by atoms with Gasteiger partial charge in [-0.05, 0) is 30.6 Å². The molecule has 1 aliphatic rings. The number of ketones is 1. The predicted molar refractivity (Wildman–Crippen MR) is 93.8 cm³/mol. The van der Waals surface area contributed by atoms with Gasteiger partial charge < -0.3 is 0 Å². The van der Waals surface area contributed by atoms with E-state index in [1.807, 2.05) is 6.07 Å². The van der Waals surface area contributed by atoms with Gasteiger partial charge in [0.05, 0.1) is 11.3 Å². The molecule has 0 saturated carbocycles. The van der Waals surface area contributed by atoms with Crippen LogP contribution in [0.4, 0.5) is 0 Å². The summed E-state index contributed by atoms with van der Waals surface area (Å²) < 4.78 is 1.63. The van der Waals surface area contributed by atoms with E-state index in [-0.39, 0.29) is 11.7 Å². The Morgan fingerprint density at radius 3 is 2.96 bits per heavy atom. The van der Waals surface area contributed by atoms with Crippen LogP contribution < -0.4 is 0 Å². The second-order valence-electron chi connectivity index (χ2n) is 6.12. The van der Waals surface area contributed by atoms with Crippen LogP contribution in [0, 0.1) is 6.92 Å². The fourth-order valence-electron chi connectivity index (χ4n) is 3.21. The smallest absolute Gasteiger partial charge is 0.253 e. The normalized spacial score (nSPS) is 17.2. The minimum absolute atomic E-state index is 0.136. The van der Waals surface area contributed by atoms with Crippen LogP contribution in [0.15, 0.2) is 35.6 Å². The van der Waals surface area contributed by atoms with E-state index in [1.54, 1.807) is 22.5 Å². The molecule has 0 N–H and O–H groups in total. The van der Waals surface area contributed by atoms with Crippen molar-refractivity contribution in [1.82, 2.24) is 19.6 Å². The number of nitrogens with zero attached hydrogens (tertiary/aromatic N) is 4. The molecule has 0 spiro atoms. The first-order valence-electron chi connectivity index (χ1n) is 8.13. The van der Waals surface area contributed by atoms with Crippen molar-refractivity contribution in [3.05, 3.63) is 52.8 Å². The predicted octanol–water partition coefficient (Wildman–Crippen LogP) is 3.46. The van der Waals surface area contributed by atoms with Crippen LogP contribution in [0.2, 0.25) is 0 Å². The third-order valence-electron chi connectivity index (χ3n) is 4.35. The summed E-state index contributed by atoms with van der Waals surface area (Å²) in [4.78, 5) is 21.7. The number of fused-ring (bicyclic) bond motifs is 2. The summed E-state index contributed by atoms with van der Waals surface area (Å²) in [6.45, 7) is 4.14. The second-order valence-corrected chi connectivity index (χ2v) is 7.35. The first-order valence-corrected chi connectivity index (χ1v) is 9.11. The SMILES string of the molecule is CCSc1nc2nc3c(cn2n1)C(=O)C[C@H](c1cccc(C)c1)C3. The van der Waals surface area contributed by atoms with Crippen LogP contribution in [0.3, 0.4) is 0 Å². The molecule has 1 aromatic carbocycles. The third kappa shape index (κ3) is 2.71. The van der Waals surface area contributed by atoms with Crippen molar-refractivity contribution < 1.29 is 4.79 Å². The fourth-order valence-corrected chi connectivity index (χ4v) is 3.76. The molecule has 1 atom stereocenters. The zero-order chi connectivity index (χ0) is 16.7. The molecule has 0 bridgehead atoms. The van der Waals surface area contributed by atoms with Crippen molar-refractivity contribution in [3.63, 3.8) is 0 Å². The molecule has 0 amide bonds. The van der Waals surface area contributed by atoms with Crippen molar-refractivity contribution in [1.29, 1.82) is 0 Å². The monoisotopic (exact) mass is 338 g/mol. The van der Waals surface area contributed by atoms with Gasteiger partial charge in [0, 0.05) is 12.6 Å². The minimum Gasteiger partial charge on any atom is -0.294 e. The molecule has 4 rings (SSSR count). The van der Waals surface area contributed by atoms with Gasteiger partial charge in [0.2, 0.25) is 5.16 Å². The molecular formula is C18H18N4OS. The maximum atomic E-state index is 12.6. The highest BCUT2D eigenvalue weighted by molar-refractivity contribution is 7.99. The molecule has 0 aliphatic heterocycles. The maximum Gasteiger partial charge on any atom is 0.253 e. The molecular weight excluding hydrogens is 320 g/mol. The van der Waals surface area contributed by atoms with Crippen molar-refractivity contribution >= 4 is 23.3 Å². The Labute approximate surface area is 144 Å². The van der Waals surface area contributed by atoms with Gasteiger partial charge in [-0.15, -0.1) is 5.10 Å². The molecule has 24 heavy (non-hydrogen) atoms. The zero-order valence-electron chi connectivity index (χ0n) is 13.7. The van der Waals surface area contributed by atoms with Gasteiger partial charge in [-0.25, -0.2) is 9.50 Å². The van der Waals surface area contributed by atoms with Crippen LogP contribution in [-0.4, -0.2) is 31.1 Å². The summed E-state index contributed by atoms with van der Waals surface area (Å²) in [5.41, 5.74) is 3.95. The van der Waals surface area contributed by atoms with Gasteiger partial charge in [-0.1, -0.05) is 48.5 Å². The number of hydrogen-bond acceptors (Lipinski definition) is 5. The van der Waals surface area contributed by atoms with Crippen LogP contribution in [-0.2, 0) is 6.42 Å². The maximum absolute atomic E-state index is 12.6. The Morgan fingerprint density at radius 2 is 2.17 bits per heavy atom. The Balaban J connectivity index is 1.73. The van der Waals surface area contributed by atoms with Crippen LogP contribution >= 0.6 is 11.8 Å². The van der Waals surface area contributed by atoms with Gasteiger partial charge in [0.25, 0.3) is 5.78 Å². The van der Waals surface area contributed by atoms with Crippen molar-refractivity contribution in [2.24, 2.45) is 0 Å². The highest BCUT2D eigenvalue weighted by Crippen LogP contribution is 2.32. The Bertz CT molecular complexity index is 934. The summed E-state index contributed by atoms with van der Waals surface area (Å²) in [7, 11) is 0. The lowest BCUT2D eigenvalue weighted by Crippen LogP contribution is -2.21. The van der Waals surface area contributed by atoms with E-state index in [0.29, 0.717) is 22.9 Å². The van der Waals surface area contributed by atoms with Gasteiger partial charge in [0.15, 0.2) is 5.78 Å². The van der Waals surface area contributed by atoms with E-state index in [0.717, 1.165) is 17.9 Å². The topological polar surface area (TPSA) is 60.1 Å². The molecule has 5 nitrogen and oxygen atoms in total. The van der Waals surface area contributed by atoms with E-state index in [1.165, 1.54) is 11.1 Å². The molecule has 0 saturated heterocycles. The Hall–Kier alpha value is -2.21. The van der Waals surface area contributed by atoms with E-state index >= 15 is 0 Å². The molecule has 0 fully saturated rings. The van der Waals surface area contributed by atoms with Crippen molar-refractivity contribution in [2.75, 3.05) is 5.75 Å². The molecule has 0 radical (unpaired) electrons.